The first-order chi connectivity index (χ1) is 10.8. The second-order valence-corrected chi connectivity index (χ2v) is 7.26. The number of hydrogen-bond donors (Lipinski definition) is 0. The van der Waals surface area contributed by atoms with Gasteiger partial charge in [0.2, 0.25) is 0 Å². The molecule has 1 aromatic rings. The first-order valence-corrected chi connectivity index (χ1v) is 9.24. The molecule has 2 fully saturated rings. The van der Waals surface area contributed by atoms with Gasteiger partial charge in [0.05, 0.1) is 12.7 Å². The normalized spacial score (nSPS) is 29.2. The monoisotopic (exact) mass is 368 g/mol. The number of ether oxygens (including phenoxy) is 3. The Morgan fingerprint density at radius 3 is 2.45 bits per heavy atom. The second kappa shape index (κ2) is 8.32. The summed E-state index contributed by atoms with van der Waals surface area (Å²) in [6.07, 6.45) is 8.55. The fourth-order valence-electron chi connectivity index (χ4n) is 3.21. The zero-order chi connectivity index (χ0) is 15.2. The fourth-order valence-corrected chi connectivity index (χ4v) is 3.48. The molecule has 1 aromatic carbocycles. The molecule has 1 saturated heterocycles. The molecule has 0 aromatic heterocycles. The van der Waals surface area contributed by atoms with Crippen molar-refractivity contribution in [3.05, 3.63) is 28.7 Å². The van der Waals surface area contributed by atoms with Crippen LogP contribution >= 0.6 is 15.9 Å². The number of rotatable bonds is 5. The lowest BCUT2D eigenvalue weighted by atomic mass is 9.88. The summed E-state index contributed by atoms with van der Waals surface area (Å²) in [5.41, 5.74) is 0. The van der Waals surface area contributed by atoms with Crippen molar-refractivity contribution >= 4 is 15.9 Å². The van der Waals surface area contributed by atoms with Gasteiger partial charge in [-0.1, -0.05) is 15.9 Å². The van der Waals surface area contributed by atoms with Crippen LogP contribution in [0.1, 0.15) is 44.9 Å². The van der Waals surface area contributed by atoms with Gasteiger partial charge in [-0.2, -0.15) is 0 Å². The van der Waals surface area contributed by atoms with E-state index < -0.39 is 0 Å². The highest BCUT2D eigenvalue weighted by Gasteiger charge is 2.25. The van der Waals surface area contributed by atoms with Gasteiger partial charge in [0.25, 0.3) is 0 Å². The minimum absolute atomic E-state index is 0.0503. The third-order valence-corrected chi connectivity index (χ3v) is 5.10. The van der Waals surface area contributed by atoms with Crippen LogP contribution in [0.5, 0.6) is 5.75 Å². The van der Waals surface area contributed by atoms with E-state index >= 15 is 0 Å². The van der Waals surface area contributed by atoms with Crippen molar-refractivity contribution < 1.29 is 14.2 Å². The van der Waals surface area contributed by atoms with E-state index in [1.807, 2.05) is 24.3 Å². The zero-order valence-corrected chi connectivity index (χ0v) is 14.6. The molecular formula is C18H25BrO3. The van der Waals surface area contributed by atoms with Crippen LogP contribution in [-0.2, 0) is 9.47 Å². The lowest BCUT2D eigenvalue weighted by Gasteiger charge is -2.32. The Morgan fingerprint density at radius 2 is 1.77 bits per heavy atom. The topological polar surface area (TPSA) is 27.7 Å². The summed E-state index contributed by atoms with van der Waals surface area (Å²) in [6.45, 7) is 1.68. The van der Waals surface area contributed by atoms with Gasteiger partial charge >= 0.3 is 0 Å². The van der Waals surface area contributed by atoms with Crippen molar-refractivity contribution in [1.29, 1.82) is 0 Å². The number of hydrogen-bond acceptors (Lipinski definition) is 3. The Hall–Kier alpha value is -0.580. The predicted molar refractivity (Wildman–Crippen MR) is 90.1 cm³/mol. The summed E-state index contributed by atoms with van der Waals surface area (Å²) in [5, 5.41) is 0. The van der Waals surface area contributed by atoms with E-state index in [0.717, 1.165) is 42.7 Å². The van der Waals surface area contributed by atoms with Crippen LogP contribution in [0.4, 0.5) is 0 Å². The van der Waals surface area contributed by atoms with Crippen LogP contribution in [0, 0.1) is 5.92 Å². The van der Waals surface area contributed by atoms with Gasteiger partial charge in [-0.05, 0) is 75.1 Å². The quantitative estimate of drug-likeness (QED) is 0.737. The highest BCUT2D eigenvalue weighted by molar-refractivity contribution is 9.10. The zero-order valence-electron chi connectivity index (χ0n) is 13.0. The molecule has 0 amide bonds. The average Bonchev–Trinajstić information content (AvgIpc) is 2.57. The molecule has 0 radical (unpaired) electrons. The predicted octanol–water partition coefficient (Wildman–Crippen LogP) is 4.93. The Morgan fingerprint density at radius 1 is 1.00 bits per heavy atom. The van der Waals surface area contributed by atoms with E-state index in [2.05, 4.69) is 15.9 Å². The lowest BCUT2D eigenvalue weighted by Crippen LogP contribution is -2.31. The van der Waals surface area contributed by atoms with Gasteiger partial charge in [0, 0.05) is 11.1 Å². The highest BCUT2D eigenvalue weighted by atomic mass is 79.9. The van der Waals surface area contributed by atoms with Crippen molar-refractivity contribution in [2.24, 2.45) is 5.92 Å². The van der Waals surface area contributed by atoms with E-state index in [1.165, 1.54) is 25.7 Å². The molecule has 0 N–H and O–H groups in total. The molecule has 0 bridgehead atoms. The summed E-state index contributed by atoms with van der Waals surface area (Å²) in [4.78, 5) is 0. The molecule has 2 aliphatic rings. The van der Waals surface area contributed by atoms with Crippen molar-refractivity contribution in [3.63, 3.8) is 0 Å². The Kier molecular flexibility index (Phi) is 6.16. The first kappa shape index (κ1) is 16.3. The van der Waals surface area contributed by atoms with Gasteiger partial charge in [0.1, 0.15) is 5.75 Å². The van der Waals surface area contributed by atoms with Gasteiger partial charge in [-0.15, -0.1) is 0 Å². The minimum atomic E-state index is 0.0503. The van der Waals surface area contributed by atoms with Crippen LogP contribution in [0.2, 0.25) is 0 Å². The molecule has 3 rings (SSSR count). The summed E-state index contributed by atoms with van der Waals surface area (Å²) in [6, 6.07) is 8.06. The van der Waals surface area contributed by atoms with Crippen molar-refractivity contribution in [1.82, 2.24) is 0 Å². The van der Waals surface area contributed by atoms with Gasteiger partial charge in [-0.3, -0.25) is 0 Å². The average molecular weight is 369 g/mol. The summed E-state index contributed by atoms with van der Waals surface area (Å²) < 4.78 is 18.7. The van der Waals surface area contributed by atoms with Gasteiger partial charge in [-0.25, -0.2) is 0 Å². The Labute approximate surface area is 141 Å². The molecule has 0 unspecified atom stereocenters. The van der Waals surface area contributed by atoms with E-state index in [1.54, 1.807) is 0 Å². The summed E-state index contributed by atoms with van der Waals surface area (Å²) >= 11 is 3.44. The maximum Gasteiger partial charge on any atom is 0.157 e. The smallest absolute Gasteiger partial charge is 0.157 e. The highest BCUT2D eigenvalue weighted by Crippen LogP contribution is 2.29. The molecule has 1 saturated carbocycles. The van der Waals surface area contributed by atoms with Crippen LogP contribution < -0.4 is 4.74 Å². The van der Waals surface area contributed by atoms with Crippen LogP contribution in [0.15, 0.2) is 28.7 Å². The Bertz CT molecular complexity index is 434. The molecule has 3 nitrogen and oxygen atoms in total. The van der Waals surface area contributed by atoms with Crippen LogP contribution in [0.3, 0.4) is 0 Å². The van der Waals surface area contributed by atoms with Crippen molar-refractivity contribution in [2.75, 3.05) is 13.2 Å². The number of benzene rings is 1. The Balaban J connectivity index is 1.35. The number of halogens is 1. The van der Waals surface area contributed by atoms with Crippen molar-refractivity contribution in [2.45, 2.75) is 57.3 Å². The van der Waals surface area contributed by atoms with Gasteiger partial charge < -0.3 is 14.2 Å². The standard InChI is InChI=1S/C18H25BrO3/c19-15-6-10-16(11-7-15)21-13-14-4-8-17(9-5-14)22-18-3-1-2-12-20-18/h6-7,10-11,14,17-18H,1-5,8-9,12-13H2/t14?,17?,18-/m0/s1. The molecule has 1 aliphatic carbocycles. The van der Waals surface area contributed by atoms with Crippen LogP contribution in [0.25, 0.3) is 0 Å². The summed E-state index contributed by atoms with van der Waals surface area (Å²) in [5.74, 6) is 1.60. The molecule has 1 aliphatic heterocycles. The van der Waals surface area contributed by atoms with E-state index in [0.29, 0.717) is 12.0 Å². The first-order valence-electron chi connectivity index (χ1n) is 8.45. The van der Waals surface area contributed by atoms with E-state index in [-0.39, 0.29) is 6.29 Å². The molecular weight excluding hydrogens is 344 g/mol. The van der Waals surface area contributed by atoms with Crippen LogP contribution in [-0.4, -0.2) is 25.6 Å². The van der Waals surface area contributed by atoms with E-state index in [9.17, 15) is 0 Å². The molecule has 1 atom stereocenters. The maximum atomic E-state index is 6.09. The third-order valence-electron chi connectivity index (χ3n) is 4.58. The van der Waals surface area contributed by atoms with Gasteiger partial charge in [0.15, 0.2) is 6.29 Å². The lowest BCUT2D eigenvalue weighted by molar-refractivity contribution is -0.194. The second-order valence-electron chi connectivity index (χ2n) is 6.34. The van der Waals surface area contributed by atoms with Crippen molar-refractivity contribution in [3.8, 4) is 5.75 Å². The third kappa shape index (κ3) is 4.97. The molecule has 22 heavy (non-hydrogen) atoms. The molecule has 1 heterocycles. The SMILES string of the molecule is Brc1ccc(OCC2CCC(O[C@H]3CCCCO3)CC2)cc1. The maximum absolute atomic E-state index is 6.09. The van der Waals surface area contributed by atoms with E-state index in [4.69, 9.17) is 14.2 Å². The molecule has 0 spiro atoms. The fraction of sp³-hybridized carbons (Fsp3) is 0.667. The minimum Gasteiger partial charge on any atom is -0.493 e. The largest absolute Gasteiger partial charge is 0.493 e. The summed E-state index contributed by atoms with van der Waals surface area (Å²) in [7, 11) is 0. The molecule has 4 heteroatoms. The molecule has 122 valence electrons.